The maximum Gasteiger partial charge on any atom is 0.166 e. The van der Waals surface area contributed by atoms with Crippen LogP contribution in [0.5, 0.6) is 5.75 Å². The molecule has 8 heteroatoms. The molecule has 2 aliphatic heterocycles. The predicted molar refractivity (Wildman–Crippen MR) is 112 cm³/mol. The Kier molecular flexibility index (Phi) is 6.94. The van der Waals surface area contributed by atoms with Crippen LogP contribution >= 0.6 is 12.2 Å². The lowest BCUT2D eigenvalue weighted by molar-refractivity contribution is 0.245. The maximum atomic E-state index is 11.6. The van der Waals surface area contributed by atoms with Crippen LogP contribution in [0.15, 0.2) is 24.3 Å². The van der Waals surface area contributed by atoms with Gasteiger partial charge in [-0.05, 0) is 68.2 Å². The Morgan fingerprint density at radius 2 is 1.96 bits per heavy atom. The lowest BCUT2D eigenvalue weighted by atomic mass is 10.1. The Morgan fingerprint density at radius 1 is 1.26 bits per heavy atom. The quantitative estimate of drug-likeness (QED) is 0.662. The highest BCUT2D eigenvalue weighted by Crippen LogP contribution is 2.26. The summed E-state index contributed by atoms with van der Waals surface area (Å²) in [7, 11) is -1.17. The van der Waals surface area contributed by atoms with Crippen molar-refractivity contribution < 1.29 is 13.2 Å². The number of likely N-dealkylation sites (tertiary alicyclic amines) is 1. The summed E-state index contributed by atoms with van der Waals surface area (Å²) in [6.07, 6.45) is 3.18. The standard InChI is InChI=1S/C19H29N3O3S2/c1-25-17-6-4-16(5-7-17)18(22-9-2-3-10-22)13-21-19(26)20-12-15-8-11-27(23,24)14-15/h4-7,15,18H,2-3,8-14H2,1H3,(H2,20,21,26)/t15-,18-/m0/s1. The van der Waals surface area contributed by atoms with Crippen LogP contribution in [-0.4, -0.2) is 63.2 Å². The van der Waals surface area contributed by atoms with Gasteiger partial charge in [0.2, 0.25) is 0 Å². The molecular weight excluding hydrogens is 382 g/mol. The SMILES string of the molecule is COc1ccc([C@H](CNC(=S)NC[C@@H]2CCS(=O)(=O)C2)N2CCCC2)cc1. The van der Waals surface area contributed by atoms with Gasteiger partial charge in [-0.25, -0.2) is 8.42 Å². The van der Waals surface area contributed by atoms with Gasteiger partial charge in [-0.1, -0.05) is 12.1 Å². The fourth-order valence-corrected chi connectivity index (χ4v) is 5.89. The summed E-state index contributed by atoms with van der Waals surface area (Å²) in [5, 5.41) is 7.12. The number of benzene rings is 1. The summed E-state index contributed by atoms with van der Waals surface area (Å²) in [4.78, 5) is 2.49. The van der Waals surface area contributed by atoms with Crippen molar-refractivity contribution in [1.29, 1.82) is 0 Å². The third-order valence-corrected chi connectivity index (χ3v) is 7.54. The fraction of sp³-hybridized carbons (Fsp3) is 0.632. The van der Waals surface area contributed by atoms with Crippen LogP contribution in [0.4, 0.5) is 0 Å². The number of thiocarbonyl (C=S) groups is 1. The summed E-state index contributed by atoms with van der Waals surface area (Å²) in [5.74, 6) is 1.58. The van der Waals surface area contributed by atoms with Crippen molar-refractivity contribution in [3.63, 3.8) is 0 Å². The second-order valence-electron chi connectivity index (χ2n) is 7.39. The number of ether oxygens (including phenoxy) is 1. The van der Waals surface area contributed by atoms with Crippen molar-refractivity contribution in [1.82, 2.24) is 15.5 Å². The summed E-state index contributed by atoms with van der Waals surface area (Å²) < 4.78 is 28.4. The number of nitrogens with zero attached hydrogens (tertiary/aromatic N) is 1. The van der Waals surface area contributed by atoms with Crippen LogP contribution in [0.1, 0.15) is 30.9 Å². The lowest BCUT2D eigenvalue weighted by Gasteiger charge is -2.29. The highest BCUT2D eigenvalue weighted by atomic mass is 32.2. The van der Waals surface area contributed by atoms with E-state index in [1.807, 2.05) is 12.1 Å². The molecule has 1 aromatic carbocycles. The van der Waals surface area contributed by atoms with Gasteiger partial charge in [0, 0.05) is 13.1 Å². The Bertz CT molecular complexity index is 731. The molecule has 0 aliphatic carbocycles. The molecule has 2 saturated heterocycles. The van der Waals surface area contributed by atoms with Crippen molar-refractivity contribution >= 4 is 27.2 Å². The number of nitrogens with one attached hydrogen (secondary N) is 2. The third-order valence-electron chi connectivity index (χ3n) is 5.42. The number of sulfone groups is 1. The van der Waals surface area contributed by atoms with Gasteiger partial charge in [0.1, 0.15) is 5.75 Å². The first-order valence-electron chi connectivity index (χ1n) is 9.57. The molecule has 0 radical (unpaired) electrons. The minimum atomic E-state index is -2.84. The average molecular weight is 412 g/mol. The molecule has 27 heavy (non-hydrogen) atoms. The van der Waals surface area contributed by atoms with Crippen molar-refractivity contribution in [3.05, 3.63) is 29.8 Å². The molecule has 2 fully saturated rings. The van der Waals surface area contributed by atoms with Crippen LogP contribution in [0.3, 0.4) is 0 Å². The summed E-state index contributed by atoms with van der Waals surface area (Å²) in [6.45, 7) is 3.53. The van der Waals surface area contributed by atoms with Crippen molar-refractivity contribution in [2.24, 2.45) is 5.92 Å². The van der Waals surface area contributed by atoms with E-state index in [0.29, 0.717) is 17.4 Å². The van der Waals surface area contributed by atoms with Gasteiger partial charge in [-0.3, -0.25) is 4.90 Å². The van der Waals surface area contributed by atoms with Crippen molar-refractivity contribution in [3.8, 4) is 5.75 Å². The Hall–Kier alpha value is -1.38. The monoisotopic (exact) mass is 411 g/mol. The van der Waals surface area contributed by atoms with Crippen LogP contribution < -0.4 is 15.4 Å². The van der Waals surface area contributed by atoms with Gasteiger partial charge < -0.3 is 15.4 Å². The Morgan fingerprint density at radius 3 is 2.56 bits per heavy atom. The number of rotatable bonds is 7. The van der Waals surface area contributed by atoms with Crippen molar-refractivity contribution in [2.75, 3.05) is 44.8 Å². The smallest absolute Gasteiger partial charge is 0.166 e. The molecule has 0 spiro atoms. The van der Waals surface area contributed by atoms with Gasteiger partial charge in [0.05, 0.1) is 24.7 Å². The van der Waals surface area contributed by atoms with E-state index >= 15 is 0 Å². The number of hydrogen-bond donors (Lipinski definition) is 2. The van der Waals surface area contributed by atoms with Crippen molar-refractivity contribution in [2.45, 2.75) is 25.3 Å². The van der Waals surface area contributed by atoms with E-state index in [1.165, 1.54) is 18.4 Å². The molecule has 1 aromatic rings. The summed E-state index contributed by atoms with van der Waals surface area (Å²) in [6, 6.07) is 8.47. The average Bonchev–Trinajstić information content (AvgIpc) is 3.30. The molecule has 6 nitrogen and oxygen atoms in total. The van der Waals surface area contributed by atoms with Gasteiger partial charge >= 0.3 is 0 Å². The molecule has 3 rings (SSSR count). The highest BCUT2D eigenvalue weighted by Gasteiger charge is 2.28. The molecule has 2 N–H and O–H groups in total. The van der Waals surface area contributed by atoms with Crippen LogP contribution in [-0.2, 0) is 9.84 Å². The van der Waals surface area contributed by atoms with Gasteiger partial charge in [0.15, 0.2) is 14.9 Å². The molecule has 2 atom stereocenters. The molecule has 0 aromatic heterocycles. The normalized spacial score (nSPS) is 23.1. The van der Waals surface area contributed by atoms with E-state index < -0.39 is 9.84 Å². The molecule has 2 aliphatic rings. The van der Waals surface area contributed by atoms with E-state index in [0.717, 1.165) is 31.8 Å². The predicted octanol–water partition coefficient (Wildman–Crippen LogP) is 1.73. The molecule has 0 saturated carbocycles. The lowest BCUT2D eigenvalue weighted by Crippen LogP contribution is -2.42. The zero-order valence-electron chi connectivity index (χ0n) is 15.8. The van der Waals surface area contributed by atoms with Crippen LogP contribution in [0, 0.1) is 5.92 Å². The van der Waals surface area contributed by atoms with E-state index in [-0.39, 0.29) is 17.7 Å². The maximum absolute atomic E-state index is 11.6. The first kappa shape index (κ1) is 20.4. The van der Waals surface area contributed by atoms with Crippen LogP contribution in [0.2, 0.25) is 0 Å². The molecule has 2 heterocycles. The van der Waals surface area contributed by atoms with Crippen LogP contribution in [0.25, 0.3) is 0 Å². The van der Waals surface area contributed by atoms with E-state index in [9.17, 15) is 8.42 Å². The molecule has 150 valence electrons. The molecular formula is C19H29N3O3S2. The second-order valence-corrected chi connectivity index (χ2v) is 10.0. The number of hydrogen-bond acceptors (Lipinski definition) is 5. The topological polar surface area (TPSA) is 70.7 Å². The van der Waals surface area contributed by atoms with E-state index in [1.54, 1.807) is 7.11 Å². The fourth-order valence-electron chi connectivity index (χ4n) is 3.86. The Balaban J connectivity index is 1.53. The zero-order chi connectivity index (χ0) is 19.3. The Labute approximate surface area is 167 Å². The molecule has 0 amide bonds. The van der Waals surface area contributed by atoms with E-state index in [4.69, 9.17) is 17.0 Å². The zero-order valence-corrected chi connectivity index (χ0v) is 17.4. The van der Waals surface area contributed by atoms with Gasteiger partial charge in [-0.2, -0.15) is 0 Å². The first-order valence-corrected chi connectivity index (χ1v) is 11.8. The molecule has 0 bridgehead atoms. The minimum Gasteiger partial charge on any atom is -0.497 e. The number of methoxy groups -OCH3 is 1. The molecule has 0 unspecified atom stereocenters. The largest absolute Gasteiger partial charge is 0.497 e. The highest BCUT2D eigenvalue weighted by molar-refractivity contribution is 7.91. The minimum absolute atomic E-state index is 0.158. The van der Waals surface area contributed by atoms with Gasteiger partial charge in [-0.15, -0.1) is 0 Å². The summed E-state index contributed by atoms with van der Waals surface area (Å²) >= 11 is 5.42. The second kappa shape index (κ2) is 9.21. The van der Waals surface area contributed by atoms with Gasteiger partial charge in [0.25, 0.3) is 0 Å². The first-order chi connectivity index (χ1) is 13.0. The van der Waals surface area contributed by atoms with E-state index in [2.05, 4.69) is 27.7 Å². The third kappa shape index (κ3) is 5.80. The summed E-state index contributed by atoms with van der Waals surface area (Å²) in [5.41, 5.74) is 1.25.